The van der Waals surface area contributed by atoms with Crippen molar-refractivity contribution in [1.29, 1.82) is 0 Å². The first kappa shape index (κ1) is 33.0. The van der Waals surface area contributed by atoms with Gasteiger partial charge in [0.05, 0.1) is 36.7 Å². The van der Waals surface area contributed by atoms with Gasteiger partial charge in [-0.2, -0.15) is 5.01 Å². The van der Waals surface area contributed by atoms with Gasteiger partial charge in [0.15, 0.2) is 5.13 Å². The number of nitrogens with zero attached hydrogens (tertiary/aromatic N) is 5. The Kier molecular flexibility index (Phi) is 9.13. The summed E-state index contributed by atoms with van der Waals surface area (Å²) in [5.41, 5.74) is 9.53. The fourth-order valence-corrected chi connectivity index (χ4v) is 7.45. The molecule has 0 bridgehead atoms. The number of carbonyl (C=O) groups excluding carboxylic acids is 3. The molecule has 0 saturated carbocycles. The molecule has 252 valence electrons. The highest BCUT2D eigenvalue weighted by Crippen LogP contribution is 2.32. The maximum Gasteiger partial charge on any atom is 0.332 e. The summed E-state index contributed by atoms with van der Waals surface area (Å²) in [7, 11) is -0.280. The first-order chi connectivity index (χ1) is 22.9. The van der Waals surface area contributed by atoms with Gasteiger partial charge < -0.3 is 25.6 Å². The predicted molar refractivity (Wildman–Crippen MR) is 182 cm³/mol. The standard InChI is InChI=1S/C32H36N8O6S2/c1-37(32(43)34-16-21-9-13-24(46-2)14-10-21)39-19-28(41)40-25(15-20-7-11-23(12-8-20)36-48(3,44)45)30(42)38(18-27(39)40)17-22-5-4-6-26-29(22)35-31(33)47-26/h4-14,25,27,36H,15-19H2,1-3H3,(H2,33,35)(H,34,43)/t25-,27+/m0/s1. The summed E-state index contributed by atoms with van der Waals surface area (Å²) in [6.45, 7) is 0.558. The zero-order valence-electron chi connectivity index (χ0n) is 26.6. The maximum atomic E-state index is 14.2. The minimum absolute atomic E-state index is 0.0931. The number of rotatable bonds is 10. The molecule has 0 spiro atoms. The first-order valence-electron chi connectivity index (χ1n) is 15.1. The van der Waals surface area contributed by atoms with E-state index in [9.17, 15) is 22.8 Å². The molecular formula is C32H36N8O6S2. The number of piperazine rings is 1. The van der Waals surface area contributed by atoms with Crippen LogP contribution in [0.15, 0.2) is 66.7 Å². The molecule has 3 heterocycles. The Morgan fingerprint density at radius 2 is 1.79 bits per heavy atom. The smallest absolute Gasteiger partial charge is 0.332 e. The number of sulfonamides is 1. The second kappa shape index (κ2) is 13.3. The highest BCUT2D eigenvalue weighted by Gasteiger charge is 2.51. The Morgan fingerprint density at radius 3 is 2.48 bits per heavy atom. The third kappa shape index (κ3) is 7.00. The number of para-hydroxylation sites is 1. The highest BCUT2D eigenvalue weighted by molar-refractivity contribution is 7.92. The lowest BCUT2D eigenvalue weighted by Crippen LogP contribution is -2.65. The molecule has 1 aromatic heterocycles. The largest absolute Gasteiger partial charge is 0.497 e. The van der Waals surface area contributed by atoms with E-state index < -0.39 is 28.3 Å². The van der Waals surface area contributed by atoms with Gasteiger partial charge in [0, 0.05) is 32.2 Å². The first-order valence-corrected chi connectivity index (χ1v) is 17.8. The highest BCUT2D eigenvalue weighted by atomic mass is 32.2. The Bertz CT molecular complexity index is 1950. The van der Waals surface area contributed by atoms with Crippen molar-refractivity contribution in [1.82, 2.24) is 30.1 Å². The van der Waals surface area contributed by atoms with Gasteiger partial charge in [-0.25, -0.2) is 18.2 Å². The lowest BCUT2D eigenvalue weighted by molar-refractivity contribution is -0.157. The van der Waals surface area contributed by atoms with Crippen molar-refractivity contribution in [2.75, 3.05) is 44.0 Å². The zero-order chi connectivity index (χ0) is 34.2. The third-order valence-corrected chi connectivity index (χ3v) is 9.87. The van der Waals surface area contributed by atoms with Gasteiger partial charge in [0.2, 0.25) is 21.8 Å². The number of methoxy groups -OCH3 is 1. The number of carbonyl (C=O) groups is 3. The van der Waals surface area contributed by atoms with Crippen molar-refractivity contribution >= 4 is 60.2 Å². The molecule has 3 aromatic carbocycles. The molecule has 2 aliphatic rings. The molecule has 48 heavy (non-hydrogen) atoms. The number of benzene rings is 3. The lowest BCUT2D eigenvalue weighted by atomic mass is 9.99. The van der Waals surface area contributed by atoms with Gasteiger partial charge in [0.25, 0.3) is 0 Å². The summed E-state index contributed by atoms with van der Waals surface area (Å²) in [4.78, 5) is 49.0. The van der Waals surface area contributed by atoms with E-state index >= 15 is 0 Å². The fraction of sp³-hybridized carbons (Fsp3) is 0.312. The molecule has 0 radical (unpaired) electrons. The van der Waals surface area contributed by atoms with E-state index in [2.05, 4.69) is 15.0 Å². The van der Waals surface area contributed by atoms with Crippen molar-refractivity contribution in [2.24, 2.45) is 0 Å². The van der Waals surface area contributed by atoms with Crippen molar-refractivity contribution in [3.05, 3.63) is 83.4 Å². The van der Waals surface area contributed by atoms with Gasteiger partial charge in [-0.1, -0.05) is 47.7 Å². The number of nitrogen functional groups attached to an aromatic ring is 1. The van der Waals surface area contributed by atoms with E-state index in [4.69, 9.17) is 10.5 Å². The number of nitrogens with two attached hydrogens (primary N) is 1. The topological polar surface area (TPSA) is 171 Å². The number of amides is 4. The summed E-state index contributed by atoms with van der Waals surface area (Å²) in [5.74, 6) is 0.184. The number of thiazole rings is 1. The molecule has 0 unspecified atom stereocenters. The SMILES string of the molecule is COc1ccc(CNC(=O)N(C)N2CC(=O)N3[C@@H](Cc4ccc(NS(C)(=O)=O)cc4)C(=O)N(Cc4cccc5sc(N)nc45)C[C@@H]32)cc1. The summed E-state index contributed by atoms with van der Waals surface area (Å²) < 4.78 is 31.9. The van der Waals surface area contributed by atoms with E-state index in [0.717, 1.165) is 33.2 Å². The molecule has 14 nitrogen and oxygen atoms in total. The molecule has 2 atom stereocenters. The Labute approximate surface area is 282 Å². The van der Waals surface area contributed by atoms with Gasteiger partial charge in [0.1, 0.15) is 18.0 Å². The number of aromatic nitrogens is 1. The maximum absolute atomic E-state index is 14.2. The zero-order valence-corrected chi connectivity index (χ0v) is 28.3. The number of fused-ring (bicyclic) bond motifs is 2. The van der Waals surface area contributed by atoms with Crippen LogP contribution in [0.5, 0.6) is 5.75 Å². The van der Waals surface area contributed by atoms with Crippen LogP contribution in [0.25, 0.3) is 10.2 Å². The Morgan fingerprint density at radius 1 is 1.08 bits per heavy atom. The number of nitrogens with one attached hydrogen (secondary N) is 2. The molecule has 0 aliphatic carbocycles. The number of urea groups is 1. The minimum Gasteiger partial charge on any atom is -0.497 e. The van der Waals surface area contributed by atoms with Gasteiger partial charge >= 0.3 is 6.03 Å². The summed E-state index contributed by atoms with van der Waals surface area (Å²) in [5, 5.41) is 6.40. The van der Waals surface area contributed by atoms with Crippen LogP contribution in [-0.4, -0.2) is 96.8 Å². The van der Waals surface area contributed by atoms with Crippen LogP contribution >= 0.6 is 11.3 Å². The quantitative estimate of drug-likeness (QED) is 0.226. The van der Waals surface area contributed by atoms with Gasteiger partial charge in [-0.05, 0) is 47.0 Å². The van der Waals surface area contributed by atoms with E-state index in [1.165, 1.54) is 16.3 Å². The number of hydrogen-bond acceptors (Lipinski definition) is 10. The molecule has 6 rings (SSSR count). The van der Waals surface area contributed by atoms with Crippen LogP contribution in [0, 0.1) is 0 Å². The van der Waals surface area contributed by atoms with Crippen LogP contribution in [-0.2, 0) is 39.1 Å². The van der Waals surface area contributed by atoms with E-state index in [0.29, 0.717) is 16.6 Å². The van der Waals surface area contributed by atoms with Crippen molar-refractivity contribution in [2.45, 2.75) is 31.7 Å². The molecule has 4 N–H and O–H groups in total. The molecular weight excluding hydrogens is 657 g/mol. The van der Waals surface area contributed by atoms with Crippen LogP contribution in [0.3, 0.4) is 0 Å². The second-order valence-electron chi connectivity index (χ2n) is 11.7. The van der Waals surface area contributed by atoms with Crippen molar-refractivity contribution in [3.8, 4) is 5.75 Å². The second-order valence-corrected chi connectivity index (χ2v) is 14.5. The Balaban J connectivity index is 1.26. The summed E-state index contributed by atoms with van der Waals surface area (Å²) in [6.07, 6.45) is 0.631. The monoisotopic (exact) mass is 692 g/mol. The van der Waals surface area contributed by atoms with Crippen LogP contribution in [0.4, 0.5) is 15.6 Å². The molecule has 2 saturated heterocycles. The summed E-state index contributed by atoms with van der Waals surface area (Å²) in [6, 6.07) is 18.5. The van der Waals surface area contributed by atoms with Crippen LogP contribution < -0.4 is 20.5 Å². The summed E-state index contributed by atoms with van der Waals surface area (Å²) >= 11 is 1.37. The number of hydrazine groups is 1. The van der Waals surface area contributed by atoms with Crippen LogP contribution in [0.1, 0.15) is 16.7 Å². The average Bonchev–Trinajstić information content (AvgIpc) is 3.60. The van der Waals surface area contributed by atoms with Crippen molar-refractivity contribution < 1.29 is 27.5 Å². The van der Waals surface area contributed by atoms with E-state index in [-0.39, 0.29) is 44.4 Å². The number of anilines is 2. The molecule has 4 aromatic rings. The fourth-order valence-electron chi connectivity index (χ4n) is 6.10. The van der Waals surface area contributed by atoms with Gasteiger partial charge in [-0.3, -0.25) is 19.3 Å². The van der Waals surface area contributed by atoms with E-state index in [1.807, 2.05) is 42.5 Å². The number of ether oxygens (including phenoxy) is 1. The molecule has 16 heteroatoms. The van der Waals surface area contributed by atoms with Gasteiger partial charge in [-0.15, -0.1) is 0 Å². The Hall–Kier alpha value is -4.93. The van der Waals surface area contributed by atoms with Crippen molar-refractivity contribution in [3.63, 3.8) is 0 Å². The predicted octanol–water partition coefficient (Wildman–Crippen LogP) is 2.44. The molecule has 4 amide bonds. The average molecular weight is 693 g/mol. The third-order valence-electron chi connectivity index (χ3n) is 8.42. The molecule has 2 aliphatic heterocycles. The van der Waals surface area contributed by atoms with Crippen LogP contribution in [0.2, 0.25) is 0 Å². The minimum atomic E-state index is -3.46. The normalized spacial score (nSPS) is 18.2. The number of hydrogen-bond donors (Lipinski definition) is 3. The lowest BCUT2D eigenvalue weighted by Gasteiger charge is -2.45. The van der Waals surface area contributed by atoms with E-state index in [1.54, 1.807) is 53.2 Å². The molecule has 2 fully saturated rings.